The summed E-state index contributed by atoms with van der Waals surface area (Å²) in [6.07, 6.45) is 3.60. The third-order valence-electron chi connectivity index (χ3n) is 5.59. The molecule has 2 heterocycles. The molecule has 1 fully saturated rings. The summed E-state index contributed by atoms with van der Waals surface area (Å²) >= 11 is 1.32. The van der Waals surface area contributed by atoms with Gasteiger partial charge in [0.1, 0.15) is 11.6 Å². The minimum Gasteiger partial charge on any atom is -0.497 e. The molecular weight excluding hydrogens is 441 g/mol. The molecule has 3 aromatic rings. The quantitative estimate of drug-likeness (QED) is 0.489. The SMILES string of the molecule is COc1cccc(NC(=O)[C@@H](C)Sc2nnc(CN3CCCCC3)n2-c2ccc(F)cc2)c1. The molecule has 1 atom stereocenters. The summed E-state index contributed by atoms with van der Waals surface area (Å²) in [6.45, 7) is 4.54. The number of amides is 1. The fourth-order valence-electron chi connectivity index (χ4n) is 3.80. The van der Waals surface area contributed by atoms with Crippen molar-refractivity contribution in [3.8, 4) is 11.4 Å². The lowest BCUT2D eigenvalue weighted by Crippen LogP contribution is -2.30. The zero-order valence-electron chi connectivity index (χ0n) is 18.8. The molecule has 174 valence electrons. The van der Waals surface area contributed by atoms with Gasteiger partial charge in [-0.1, -0.05) is 24.2 Å². The van der Waals surface area contributed by atoms with E-state index in [2.05, 4.69) is 20.4 Å². The van der Waals surface area contributed by atoms with Crippen LogP contribution < -0.4 is 10.1 Å². The van der Waals surface area contributed by atoms with Crippen molar-refractivity contribution in [3.63, 3.8) is 0 Å². The standard InChI is InChI=1S/C24H28FN5O2S/c1-17(23(31)26-19-7-6-8-21(15-19)32-2)33-24-28-27-22(16-29-13-4-3-5-14-29)30(24)20-11-9-18(25)10-12-20/h6-12,15,17H,3-5,13-14,16H2,1-2H3,(H,26,31)/t17-/m1/s1. The van der Waals surface area contributed by atoms with E-state index in [9.17, 15) is 9.18 Å². The molecule has 0 radical (unpaired) electrons. The summed E-state index contributed by atoms with van der Waals surface area (Å²) in [5, 5.41) is 11.9. The first-order valence-corrected chi connectivity index (χ1v) is 12.0. The Morgan fingerprint density at radius 2 is 1.91 bits per heavy atom. The number of aromatic nitrogens is 3. The Hall–Kier alpha value is -2.91. The highest BCUT2D eigenvalue weighted by atomic mass is 32.2. The number of benzene rings is 2. The van der Waals surface area contributed by atoms with Crippen LogP contribution in [0.4, 0.5) is 10.1 Å². The summed E-state index contributed by atoms with van der Waals surface area (Å²) in [6, 6.07) is 13.5. The molecule has 7 nitrogen and oxygen atoms in total. The van der Waals surface area contributed by atoms with Crippen LogP contribution in [0.1, 0.15) is 32.0 Å². The fourth-order valence-corrected chi connectivity index (χ4v) is 4.69. The van der Waals surface area contributed by atoms with Gasteiger partial charge in [0.15, 0.2) is 11.0 Å². The van der Waals surface area contributed by atoms with Gasteiger partial charge in [0.05, 0.1) is 18.9 Å². The van der Waals surface area contributed by atoms with E-state index in [1.54, 1.807) is 25.3 Å². The number of thioether (sulfide) groups is 1. The van der Waals surface area contributed by atoms with E-state index in [4.69, 9.17) is 4.74 Å². The van der Waals surface area contributed by atoms with Crippen LogP contribution in [0.3, 0.4) is 0 Å². The molecule has 0 saturated carbocycles. The number of hydrogen-bond acceptors (Lipinski definition) is 6. The van der Waals surface area contributed by atoms with Crippen LogP contribution in [0.15, 0.2) is 53.7 Å². The van der Waals surface area contributed by atoms with Gasteiger partial charge >= 0.3 is 0 Å². The van der Waals surface area contributed by atoms with E-state index in [0.29, 0.717) is 23.1 Å². The predicted octanol–water partition coefficient (Wildman–Crippen LogP) is 4.52. The van der Waals surface area contributed by atoms with Gasteiger partial charge in [-0.2, -0.15) is 0 Å². The molecule has 1 aliphatic heterocycles. The van der Waals surface area contributed by atoms with Crippen molar-refractivity contribution in [1.29, 1.82) is 0 Å². The number of carbonyl (C=O) groups is 1. The van der Waals surface area contributed by atoms with Gasteiger partial charge in [-0.3, -0.25) is 14.3 Å². The lowest BCUT2D eigenvalue weighted by atomic mass is 10.1. The first kappa shape index (κ1) is 23.3. The third-order valence-corrected chi connectivity index (χ3v) is 6.63. The molecule has 1 N–H and O–H groups in total. The van der Waals surface area contributed by atoms with Crippen LogP contribution in [-0.2, 0) is 11.3 Å². The first-order valence-electron chi connectivity index (χ1n) is 11.1. The molecule has 0 aliphatic carbocycles. The smallest absolute Gasteiger partial charge is 0.237 e. The molecule has 33 heavy (non-hydrogen) atoms. The number of carbonyl (C=O) groups excluding carboxylic acids is 1. The zero-order valence-corrected chi connectivity index (χ0v) is 19.6. The molecule has 2 aromatic carbocycles. The van der Waals surface area contributed by atoms with Crippen LogP contribution >= 0.6 is 11.8 Å². The summed E-state index contributed by atoms with van der Waals surface area (Å²) in [7, 11) is 1.59. The molecule has 9 heteroatoms. The van der Waals surface area contributed by atoms with E-state index in [0.717, 1.165) is 24.6 Å². The van der Waals surface area contributed by atoms with Crippen LogP contribution in [0.5, 0.6) is 5.75 Å². The van der Waals surface area contributed by atoms with Crippen molar-refractivity contribution >= 4 is 23.4 Å². The van der Waals surface area contributed by atoms with Crippen LogP contribution in [0, 0.1) is 5.82 Å². The van der Waals surface area contributed by atoms with Gasteiger partial charge in [0.25, 0.3) is 0 Å². The Morgan fingerprint density at radius 3 is 2.64 bits per heavy atom. The van der Waals surface area contributed by atoms with Crippen molar-refractivity contribution in [2.45, 2.75) is 43.1 Å². The van der Waals surface area contributed by atoms with E-state index in [1.807, 2.05) is 29.7 Å². The number of likely N-dealkylation sites (tertiary alicyclic amines) is 1. The maximum Gasteiger partial charge on any atom is 0.237 e. The average Bonchev–Trinajstić information content (AvgIpc) is 3.22. The minimum atomic E-state index is -0.428. The topological polar surface area (TPSA) is 72.3 Å². The maximum atomic E-state index is 13.6. The molecular formula is C24H28FN5O2S. The van der Waals surface area contributed by atoms with Gasteiger partial charge in [0, 0.05) is 17.4 Å². The summed E-state index contributed by atoms with van der Waals surface area (Å²) in [5.41, 5.74) is 1.44. The zero-order chi connectivity index (χ0) is 23.2. The van der Waals surface area contributed by atoms with Crippen molar-refractivity contribution < 1.29 is 13.9 Å². The second kappa shape index (κ2) is 10.8. The molecule has 1 saturated heterocycles. The largest absolute Gasteiger partial charge is 0.497 e. The number of rotatable bonds is 8. The van der Waals surface area contributed by atoms with Gasteiger partial charge in [-0.05, 0) is 69.3 Å². The number of hydrogen-bond donors (Lipinski definition) is 1. The normalized spacial score (nSPS) is 15.2. The van der Waals surface area contributed by atoms with Crippen LogP contribution in [0.2, 0.25) is 0 Å². The minimum absolute atomic E-state index is 0.153. The van der Waals surface area contributed by atoms with E-state index < -0.39 is 5.25 Å². The summed E-state index contributed by atoms with van der Waals surface area (Å²) in [5.74, 6) is 1.00. The van der Waals surface area contributed by atoms with Crippen molar-refractivity contribution in [2.24, 2.45) is 0 Å². The highest BCUT2D eigenvalue weighted by molar-refractivity contribution is 8.00. The van der Waals surface area contributed by atoms with Crippen LogP contribution in [0.25, 0.3) is 5.69 Å². The Bertz CT molecular complexity index is 1080. The molecule has 1 aliphatic rings. The van der Waals surface area contributed by atoms with E-state index in [1.165, 1.54) is 43.2 Å². The Labute approximate surface area is 197 Å². The monoisotopic (exact) mass is 469 g/mol. The predicted molar refractivity (Wildman–Crippen MR) is 127 cm³/mol. The van der Waals surface area contributed by atoms with E-state index in [-0.39, 0.29) is 11.7 Å². The summed E-state index contributed by atoms with van der Waals surface area (Å²) < 4.78 is 20.7. The lowest BCUT2D eigenvalue weighted by Gasteiger charge is -2.26. The number of methoxy groups -OCH3 is 1. The number of nitrogens with one attached hydrogen (secondary N) is 1. The molecule has 0 spiro atoms. The lowest BCUT2D eigenvalue weighted by molar-refractivity contribution is -0.115. The van der Waals surface area contributed by atoms with Gasteiger partial charge < -0.3 is 10.1 Å². The highest BCUT2D eigenvalue weighted by Gasteiger charge is 2.23. The number of halogens is 1. The molecule has 1 aromatic heterocycles. The molecule has 0 unspecified atom stereocenters. The number of piperidine rings is 1. The Morgan fingerprint density at radius 1 is 1.15 bits per heavy atom. The Balaban J connectivity index is 1.54. The number of anilines is 1. The van der Waals surface area contributed by atoms with E-state index >= 15 is 0 Å². The van der Waals surface area contributed by atoms with Crippen molar-refractivity contribution in [2.75, 3.05) is 25.5 Å². The Kier molecular flexibility index (Phi) is 7.61. The molecule has 0 bridgehead atoms. The molecule has 4 rings (SSSR count). The van der Waals surface area contributed by atoms with Gasteiger partial charge in [-0.25, -0.2) is 4.39 Å². The fraction of sp³-hybridized carbons (Fsp3) is 0.375. The second-order valence-corrected chi connectivity index (χ2v) is 9.34. The average molecular weight is 470 g/mol. The third kappa shape index (κ3) is 5.91. The van der Waals surface area contributed by atoms with Gasteiger partial charge in [-0.15, -0.1) is 10.2 Å². The number of nitrogens with zero attached hydrogens (tertiary/aromatic N) is 4. The van der Waals surface area contributed by atoms with Gasteiger partial charge in [0.2, 0.25) is 5.91 Å². The second-order valence-electron chi connectivity index (χ2n) is 8.03. The first-order chi connectivity index (χ1) is 16.0. The van der Waals surface area contributed by atoms with Crippen molar-refractivity contribution in [3.05, 3.63) is 60.2 Å². The summed E-state index contributed by atoms with van der Waals surface area (Å²) in [4.78, 5) is 15.2. The highest BCUT2D eigenvalue weighted by Crippen LogP contribution is 2.28. The molecule has 1 amide bonds. The van der Waals surface area contributed by atoms with Crippen LogP contribution in [-0.4, -0.2) is 51.0 Å². The maximum absolute atomic E-state index is 13.6. The van der Waals surface area contributed by atoms with Crippen molar-refractivity contribution in [1.82, 2.24) is 19.7 Å². The number of ether oxygens (including phenoxy) is 1.